The van der Waals surface area contributed by atoms with Crippen LogP contribution in [-0.2, 0) is 12.8 Å². The van der Waals surface area contributed by atoms with Crippen LogP contribution in [0.2, 0.25) is 5.02 Å². The van der Waals surface area contributed by atoms with Gasteiger partial charge < -0.3 is 5.32 Å². The Morgan fingerprint density at radius 3 is 2.76 bits per heavy atom. The van der Waals surface area contributed by atoms with Gasteiger partial charge >= 0.3 is 0 Å². The van der Waals surface area contributed by atoms with Crippen molar-refractivity contribution in [3.63, 3.8) is 0 Å². The number of rotatable bonds is 7. The summed E-state index contributed by atoms with van der Waals surface area (Å²) in [6.07, 6.45) is 2.51. The third-order valence-electron chi connectivity index (χ3n) is 3.32. The molecular weight excluding hydrogens is 373 g/mol. The summed E-state index contributed by atoms with van der Waals surface area (Å²) in [5.41, 5.74) is 0.598. The van der Waals surface area contributed by atoms with Crippen molar-refractivity contribution >= 4 is 38.9 Å². The molecule has 1 N–H and O–H groups in total. The van der Waals surface area contributed by atoms with Crippen LogP contribution in [0.25, 0.3) is 0 Å². The van der Waals surface area contributed by atoms with Gasteiger partial charge in [-0.3, -0.25) is 0 Å². The van der Waals surface area contributed by atoms with Crippen LogP contribution in [0, 0.1) is 5.82 Å². The number of halogens is 3. The molecular formula is C16H18BrClFNS. The van der Waals surface area contributed by atoms with Crippen molar-refractivity contribution in [3.8, 4) is 0 Å². The van der Waals surface area contributed by atoms with Gasteiger partial charge in [0.1, 0.15) is 5.82 Å². The third-order valence-corrected chi connectivity index (χ3v) is 5.62. The van der Waals surface area contributed by atoms with Gasteiger partial charge in [-0.2, -0.15) is 0 Å². The van der Waals surface area contributed by atoms with Crippen molar-refractivity contribution in [1.29, 1.82) is 0 Å². The average molecular weight is 391 g/mol. The van der Waals surface area contributed by atoms with E-state index in [1.54, 1.807) is 23.5 Å². The van der Waals surface area contributed by atoms with E-state index in [2.05, 4.69) is 33.6 Å². The van der Waals surface area contributed by atoms with Crippen LogP contribution in [0.1, 0.15) is 23.8 Å². The molecule has 0 aliphatic heterocycles. The number of hydrogen-bond acceptors (Lipinski definition) is 2. The minimum atomic E-state index is -0.226. The molecule has 1 aromatic heterocycles. The molecule has 21 heavy (non-hydrogen) atoms. The van der Waals surface area contributed by atoms with Crippen molar-refractivity contribution in [2.24, 2.45) is 0 Å². The topological polar surface area (TPSA) is 12.0 Å². The lowest BCUT2D eigenvalue weighted by Gasteiger charge is -2.19. The summed E-state index contributed by atoms with van der Waals surface area (Å²) >= 11 is 11.4. The van der Waals surface area contributed by atoms with Gasteiger partial charge in [0.25, 0.3) is 0 Å². The molecule has 0 radical (unpaired) electrons. The Hall–Kier alpha value is -0.420. The molecule has 0 aliphatic rings. The molecule has 0 saturated heterocycles. The molecule has 2 rings (SSSR count). The highest BCUT2D eigenvalue weighted by Gasteiger charge is 2.16. The van der Waals surface area contributed by atoms with Gasteiger partial charge in [0.15, 0.2) is 0 Å². The van der Waals surface area contributed by atoms with E-state index in [0.29, 0.717) is 17.0 Å². The Labute approximate surface area is 142 Å². The summed E-state index contributed by atoms with van der Waals surface area (Å²) in [6.45, 7) is 3.04. The van der Waals surface area contributed by atoms with E-state index in [1.165, 1.54) is 10.9 Å². The second-order valence-corrected chi connectivity index (χ2v) is 7.21. The molecule has 0 fully saturated rings. The van der Waals surface area contributed by atoms with E-state index in [-0.39, 0.29) is 11.9 Å². The van der Waals surface area contributed by atoms with Gasteiger partial charge in [-0.15, -0.1) is 11.3 Å². The van der Waals surface area contributed by atoms with Crippen LogP contribution in [0.5, 0.6) is 0 Å². The molecule has 5 heteroatoms. The first kappa shape index (κ1) is 16.9. The van der Waals surface area contributed by atoms with Gasteiger partial charge in [-0.25, -0.2) is 4.39 Å². The molecule has 0 amide bonds. The van der Waals surface area contributed by atoms with E-state index in [1.807, 2.05) is 6.07 Å². The quantitative estimate of drug-likeness (QED) is 0.662. The van der Waals surface area contributed by atoms with Crippen LogP contribution in [0.15, 0.2) is 34.1 Å². The molecule has 0 saturated carbocycles. The smallest absolute Gasteiger partial charge is 0.127 e. The van der Waals surface area contributed by atoms with Crippen molar-refractivity contribution < 1.29 is 4.39 Å². The Balaban J connectivity index is 2.14. The van der Waals surface area contributed by atoms with Gasteiger partial charge in [-0.1, -0.05) is 24.6 Å². The lowest BCUT2D eigenvalue weighted by atomic mass is 10.0. The molecule has 114 valence electrons. The average Bonchev–Trinajstić information content (AvgIpc) is 2.85. The summed E-state index contributed by atoms with van der Waals surface area (Å²) in [7, 11) is 0. The van der Waals surface area contributed by atoms with Gasteiger partial charge in [-0.05, 0) is 65.3 Å². The molecule has 0 aliphatic carbocycles. The van der Waals surface area contributed by atoms with Crippen molar-refractivity contribution in [3.05, 3.63) is 55.4 Å². The molecule has 1 unspecified atom stereocenters. The van der Waals surface area contributed by atoms with E-state index >= 15 is 0 Å². The van der Waals surface area contributed by atoms with Crippen LogP contribution >= 0.6 is 38.9 Å². The molecule has 1 nitrogen and oxygen atoms in total. The molecule has 0 spiro atoms. The molecule has 1 atom stereocenters. The first-order valence-corrected chi connectivity index (χ1v) is 9.05. The molecule has 1 heterocycles. The number of thiophene rings is 1. The fourth-order valence-corrected chi connectivity index (χ4v) is 4.07. The van der Waals surface area contributed by atoms with E-state index < -0.39 is 0 Å². The van der Waals surface area contributed by atoms with Crippen LogP contribution in [-0.4, -0.2) is 12.6 Å². The lowest BCUT2D eigenvalue weighted by Crippen LogP contribution is -2.34. The maximum absolute atomic E-state index is 14.0. The van der Waals surface area contributed by atoms with E-state index in [4.69, 9.17) is 11.6 Å². The van der Waals surface area contributed by atoms with Gasteiger partial charge in [0.2, 0.25) is 0 Å². The maximum atomic E-state index is 14.0. The molecule has 2 aromatic rings. The Morgan fingerprint density at radius 2 is 2.14 bits per heavy atom. The summed E-state index contributed by atoms with van der Waals surface area (Å²) in [4.78, 5) is 1.27. The second-order valence-electron chi connectivity index (χ2n) is 4.95. The number of benzene rings is 1. The molecule has 0 bridgehead atoms. The highest BCUT2D eigenvalue weighted by Crippen LogP contribution is 2.26. The number of nitrogens with one attached hydrogen (secondary N) is 1. The predicted octanol–water partition coefficient (Wildman–Crippen LogP) is 5.46. The predicted molar refractivity (Wildman–Crippen MR) is 92.9 cm³/mol. The Morgan fingerprint density at radius 1 is 1.33 bits per heavy atom. The largest absolute Gasteiger partial charge is 0.313 e. The fraction of sp³-hybridized carbons (Fsp3) is 0.375. The zero-order valence-corrected chi connectivity index (χ0v) is 15.0. The monoisotopic (exact) mass is 389 g/mol. The Bertz CT molecular complexity index is 567. The van der Waals surface area contributed by atoms with Gasteiger partial charge in [0.05, 0.1) is 0 Å². The second kappa shape index (κ2) is 8.28. The molecule has 1 aromatic carbocycles. The highest BCUT2D eigenvalue weighted by molar-refractivity contribution is 9.10. The summed E-state index contributed by atoms with van der Waals surface area (Å²) < 4.78 is 15.1. The minimum Gasteiger partial charge on any atom is -0.313 e. The van der Waals surface area contributed by atoms with Crippen molar-refractivity contribution in [2.45, 2.75) is 32.2 Å². The van der Waals surface area contributed by atoms with Crippen molar-refractivity contribution in [2.75, 3.05) is 6.54 Å². The normalized spacial score (nSPS) is 12.6. The SMILES string of the molecule is CCCNC(Cc1sccc1Br)Cc1c(F)cccc1Cl. The third kappa shape index (κ3) is 4.78. The zero-order valence-electron chi connectivity index (χ0n) is 11.8. The van der Waals surface area contributed by atoms with Crippen LogP contribution in [0.3, 0.4) is 0 Å². The first-order chi connectivity index (χ1) is 10.1. The number of hydrogen-bond donors (Lipinski definition) is 1. The highest BCUT2D eigenvalue weighted by atomic mass is 79.9. The standard InChI is InChI=1S/C16H18BrClFNS/c1-2-7-20-11(10-16-13(17)6-8-21-16)9-12-14(18)4-3-5-15(12)19/h3-6,8,11,20H,2,7,9-10H2,1H3. The summed E-state index contributed by atoms with van der Waals surface area (Å²) in [6, 6.07) is 7.09. The van der Waals surface area contributed by atoms with Crippen LogP contribution < -0.4 is 5.32 Å². The van der Waals surface area contributed by atoms with Gasteiger partial charge in [0, 0.05) is 26.0 Å². The summed E-state index contributed by atoms with van der Waals surface area (Å²) in [5.74, 6) is -0.226. The summed E-state index contributed by atoms with van der Waals surface area (Å²) in [5, 5.41) is 6.06. The maximum Gasteiger partial charge on any atom is 0.127 e. The van der Waals surface area contributed by atoms with Crippen LogP contribution in [0.4, 0.5) is 4.39 Å². The minimum absolute atomic E-state index is 0.175. The van der Waals surface area contributed by atoms with E-state index in [0.717, 1.165) is 23.9 Å². The first-order valence-electron chi connectivity index (χ1n) is 7.00. The van der Waals surface area contributed by atoms with E-state index in [9.17, 15) is 4.39 Å². The van der Waals surface area contributed by atoms with Crippen molar-refractivity contribution in [1.82, 2.24) is 5.32 Å². The fourth-order valence-electron chi connectivity index (χ4n) is 2.23. The lowest BCUT2D eigenvalue weighted by molar-refractivity contribution is 0.494. The zero-order chi connectivity index (χ0) is 15.2. The Kier molecular flexibility index (Phi) is 6.68.